The van der Waals surface area contributed by atoms with Crippen molar-refractivity contribution in [3.05, 3.63) is 103 Å². The van der Waals surface area contributed by atoms with E-state index in [4.69, 9.17) is 4.98 Å². The zero-order valence-electron chi connectivity index (χ0n) is 19.6. The number of nitrogens with zero attached hydrogens (tertiary/aromatic N) is 3. The van der Waals surface area contributed by atoms with Gasteiger partial charge in [0.2, 0.25) is 0 Å². The van der Waals surface area contributed by atoms with E-state index in [1.54, 1.807) is 0 Å². The molecule has 0 radical (unpaired) electrons. The quantitative estimate of drug-likeness (QED) is 0.146. The highest BCUT2D eigenvalue weighted by molar-refractivity contribution is 6.29. The van der Waals surface area contributed by atoms with E-state index < -0.39 is 0 Å². The zero-order valence-corrected chi connectivity index (χ0v) is 19.6. The van der Waals surface area contributed by atoms with Gasteiger partial charge in [-0.1, -0.05) is 66.7 Å². The van der Waals surface area contributed by atoms with E-state index in [1.807, 2.05) is 6.33 Å². The lowest BCUT2D eigenvalue weighted by Crippen LogP contribution is -2.30. The monoisotopic (exact) mass is 448 g/mol. The SMILES string of the molecule is Cc1c2ccccc2cc2c1c1c3c(ccc4c5c(-c6ccccc6)cccc5n2c43)nc[n+]1C. The van der Waals surface area contributed by atoms with E-state index in [1.165, 1.54) is 71.1 Å². The summed E-state index contributed by atoms with van der Waals surface area (Å²) in [5.41, 5.74) is 9.83. The van der Waals surface area contributed by atoms with E-state index in [-0.39, 0.29) is 0 Å². The van der Waals surface area contributed by atoms with Crippen LogP contribution in [0.1, 0.15) is 5.56 Å². The van der Waals surface area contributed by atoms with Gasteiger partial charge in [0, 0.05) is 16.2 Å². The van der Waals surface area contributed by atoms with Crippen molar-refractivity contribution in [3.8, 4) is 11.1 Å². The normalized spacial score (nSPS) is 12.3. The van der Waals surface area contributed by atoms with Gasteiger partial charge in [-0.25, -0.2) is 4.57 Å². The van der Waals surface area contributed by atoms with Crippen LogP contribution >= 0.6 is 0 Å². The molecule has 3 heterocycles. The molecule has 0 fully saturated rings. The Balaban J connectivity index is 1.76. The van der Waals surface area contributed by atoms with Crippen LogP contribution in [-0.4, -0.2) is 9.38 Å². The minimum absolute atomic E-state index is 1.04. The average Bonchev–Trinajstić information content (AvgIpc) is 3.25. The summed E-state index contributed by atoms with van der Waals surface area (Å²) < 4.78 is 4.69. The summed E-state index contributed by atoms with van der Waals surface area (Å²) in [5.74, 6) is 0. The Morgan fingerprint density at radius 1 is 0.714 bits per heavy atom. The van der Waals surface area contributed by atoms with Gasteiger partial charge in [-0.3, -0.25) is 0 Å². The molecule has 8 rings (SSSR count). The Bertz CT molecular complexity index is 2120. The highest BCUT2D eigenvalue weighted by Gasteiger charge is 2.25. The molecular weight excluding hydrogens is 426 g/mol. The first-order valence-corrected chi connectivity index (χ1v) is 12.1. The van der Waals surface area contributed by atoms with Crippen molar-refractivity contribution in [1.29, 1.82) is 0 Å². The zero-order chi connectivity index (χ0) is 23.3. The van der Waals surface area contributed by atoms with Gasteiger partial charge in [-0.05, 0) is 63.6 Å². The van der Waals surface area contributed by atoms with Crippen LogP contribution in [0, 0.1) is 6.92 Å². The first-order chi connectivity index (χ1) is 17.2. The molecular formula is C32H22N3+. The Labute approximate surface area is 201 Å². The van der Waals surface area contributed by atoms with E-state index in [2.05, 4.69) is 114 Å². The Kier molecular flexibility index (Phi) is 3.53. The van der Waals surface area contributed by atoms with Gasteiger partial charge >= 0.3 is 0 Å². The van der Waals surface area contributed by atoms with Crippen LogP contribution < -0.4 is 4.57 Å². The molecule has 0 spiro atoms. The Morgan fingerprint density at radius 2 is 1.54 bits per heavy atom. The van der Waals surface area contributed by atoms with Crippen molar-refractivity contribution in [2.75, 3.05) is 0 Å². The van der Waals surface area contributed by atoms with Crippen LogP contribution in [-0.2, 0) is 7.05 Å². The maximum Gasteiger partial charge on any atom is 0.287 e. The number of fused-ring (bicyclic) bond motifs is 7. The first-order valence-electron chi connectivity index (χ1n) is 12.1. The maximum atomic E-state index is 4.83. The number of aromatic nitrogens is 3. The van der Waals surface area contributed by atoms with Gasteiger partial charge in [0.1, 0.15) is 5.52 Å². The third kappa shape index (κ3) is 2.30. The number of hydrogen-bond acceptors (Lipinski definition) is 1. The molecule has 0 amide bonds. The molecule has 3 nitrogen and oxygen atoms in total. The van der Waals surface area contributed by atoms with Gasteiger partial charge in [0.15, 0.2) is 5.52 Å². The number of hydrogen-bond donors (Lipinski definition) is 0. The average molecular weight is 449 g/mol. The van der Waals surface area contributed by atoms with Crippen LogP contribution in [0.15, 0.2) is 97.3 Å². The topological polar surface area (TPSA) is 21.2 Å². The Morgan fingerprint density at radius 3 is 2.43 bits per heavy atom. The van der Waals surface area contributed by atoms with Crippen molar-refractivity contribution in [2.45, 2.75) is 6.92 Å². The summed E-state index contributed by atoms with van der Waals surface area (Å²) in [5, 5.41) is 7.66. The second kappa shape index (κ2) is 6.55. The molecule has 0 aliphatic carbocycles. The van der Waals surface area contributed by atoms with E-state index in [9.17, 15) is 0 Å². The molecule has 0 aliphatic rings. The molecule has 0 atom stereocenters. The van der Waals surface area contributed by atoms with Crippen molar-refractivity contribution in [1.82, 2.24) is 9.38 Å². The first kappa shape index (κ1) is 18.9. The summed E-state index contributed by atoms with van der Waals surface area (Å²) in [6, 6.07) is 33.0. The molecule has 3 aromatic heterocycles. The van der Waals surface area contributed by atoms with Crippen molar-refractivity contribution >= 4 is 59.9 Å². The molecule has 8 aromatic rings. The molecule has 0 unspecified atom stereocenters. The van der Waals surface area contributed by atoms with Crippen LogP contribution in [0.3, 0.4) is 0 Å². The van der Waals surface area contributed by atoms with Gasteiger partial charge in [-0.15, -0.1) is 0 Å². The highest BCUT2D eigenvalue weighted by Crippen LogP contribution is 2.44. The maximum absolute atomic E-state index is 4.83. The smallest absolute Gasteiger partial charge is 0.287 e. The second-order valence-corrected chi connectivity index (χ2v) is 9.58. The highest BCUT2D eigenvalue weighted by atomic mass is 15.0. The lowest BCUT2D eigenvalue weighted by Gasteiger charge is -2.14. The minimum Gasteiger partial charge on any atom is -0.307 e. The van der Waals surface area contributed by atoms with Crippen LogP contribution in [0.4, 0.5) is 0 Å². The summed E-state index contributed by atoms with van der Waals surface area (Å²) in [6.45, 7) is 2.26. The van der Waals surface area contributed by atoms with Gasteiger partial charge in [0.25, 0.3) is 6.33 Å². The third-order valence-electron chi connectivity index (χ3n) is 7.74. The lowest BCUT2D eigenvalue weighted by molar-refractivity contribution is -0.646. The molecule has 0 saturated heterocycles. The van der Waals surface area contributed by atoms with E-state index in [0.717, 1.165) is 5.52 Å². The molecule has 0 saturated carbocycles. The largest absolute Gasteiger partial charge is 0.307 e. The van der Waals surface area contributed by atoms with Crippen LogP contribution in [0.2, 0.25) is 0 Å². The summed E-state index contributed by atoms with van der Waals surface area (Å²) >= 11 is 0. The van der Waals surface area contributed by atoms with Gasteiger partial charge in [-0.2, -0.15) is 0 Å². The van der Waals surface area contributed by atoms with Gasteiger partial charge in [0.05, 0.1) is 29.0 Å². The van der Waals surface area contributed by atoms with Crippen LogP contribution in [0.25, 0.3) is 71.0 Å². The fourth-order valence-corrected chi connectivity index (χ4v) is 6.26. The van der Waals surface area contributed by atoms with Crippen LogP contribution in [0.5, 0.6) is 0 Å². The van der Waals surface area contributed by atoms with E-state index in [0.29, 0.717) is 0 Å². The predicted octanol–water partition coefficient (Wildman–Crippen LogP) is 7.34. The van der Waals surface area contributed by atoms with Crippen molar-refractivity contribution < 1.29 is 4.57 Å². The number of rotatable bonds is 1. The summed E-state index contributed by atoms with van der Waals surface area (Å²) in [4.78, 5) is 4.83. The number of aryl methyl sites for hydroxylation is 2. The molecule has 164 valence electrons. The second-order valence-electron chi connectivity index (χ2n) is 9.58. The lowest BCUT2D eigenvalue weighted by atomic mass is 9.96. The molecule has 35 heavy (non-hydrogen) atoms. The molecule has 5 aromatic carbocycles. The fourth-order valence-electron chi connectivity index (χ4n) is 6.26. The summed E-state index contributed by atoms with van der Waals surface area (Å²) in [7, 11) is 2.12. The minimum atomic E-state index is 1.04. The van der Waals surface area contributed by atoms with Crippen molar-refractivity contribution in [3.63, 3.8) is 0 Å². The molecule has 0 aliphatic heterocycles. The number of pyridine rings is 1. The predicted molar refractivity (Wildman–Crippen MR) is 145 cm³/mol. The summed E-state index contributed by atoms with van der Waals surface area (Å²) in [6.07, 6.45) is 1.95. The van der Waals surface area contributed by atoms with E-state index >= 15 is 0 Å². The van der Waals surface area contributed by atoms with Crippen molar-refractivity contribution in [2.24, 2.45) is 7.05 Å². The molecule has 0 bridgehead atoms. The third-order valence-corrected chi connectivity index (χ3v) is 7.74. The Hall–Kier alpha value is -4.50. The molecule has 0 N–H and O–H groups in total. The number of benzene rings is 5. The standard InChI is InChI=1S/C32H22N3/c1-19-22-12-7-6-11-21(22)17-27-28(19)32-30-25(33-18-34(32)2)16-15-24-29-23(20-9-4-3-5-10-20)13-8-14-26(29)35(27)31(24)30/h3-18H,1-2H3/q+1. The fraction of sp³-hybridized carbons (Fsp3) is 0.0625. The van der Waals surface area contributed by atoms with Gasteiger partial charge < -0.3 is 4.40 Å². The molecule has 3 heteroatoms.